The fourth-order valence-electron chi connectivity index (χ4n) is 3.68. The summed E-state index contributed by atoms with van der Waals surface area (Å²) < 4.78 is 20.0. The van der Waals surface area contributed by atoms with Crippen molar-refractivity contribution in [3.63, 3.8) is 0 Å². The number of carbonyl (C=O) groups excluding carboxylic acids is 1. The minimum atomic E-state index is -0.464. The Hall–Kier alpha value is -3.28. The number of ether oxygens (including phenoxy) is 1. The molecule has 0 bridgehead atoms. The van der Waals surface area contributed by atoms with E-state index in [1.165, 1.54) is 6.07 Å². The van der Waals surface area contributed by atoms with Gasteiger partial charge in [-0.05, 0) is 38.0 Å². The maximum Gasteiger partial charge on any atom is 0.228 e. The van der Waals surface area contributed by atoms with Crippen molar-refractivity contribution in [3.8, 4) is 5.75 Å². The van der Waals surface area contributed by atoms with Gasteiger partial charge in [0, 0.05) is 5.41 Å². The van der Waals surface area contributed by atoms with E-state index in [4.69, 9.17) is 4.74 Å². The number of carbonyl (C=O) groups is 1. The summed E-state index contributed by atoms with van der Waals surface area (Å²) in [5.41, 5.74) is 1.51. The van der Waals surface area contributed by atoms with Gasteiger partial charge in [0.05, 0.1) is 30.1 Å². The summed E-state index contributed by atoms with van der Waals surface area (Å²) in [6, 6.07) is 16.0. The standard InChI is InChI=1S/C23H22FN3O2/c1-15-21(13-25-16(2)26-15)29-14-23(17-8-4-3-5-9-17)12-18(23)22(28)27-20-11-7-6-10-19(20)24/h3-11,13,18H,12,14H2,1-2H3,(H,27,28)/t18-,23+/m0/s1. The minimum absolute atomic E-state index is 0.190. The quantitative estimate of drug-likeness (QED) is 0.684. The molecule has 1 aliphatic carbocycles. The topological polar surface area (TPSA) is 64.1 Å². The number of hydrogen-bond acceptors (Lipinski definition) is 4. The van der Waals surface area contributed by atoms with Gasteiger partial charge in [-0.2, -0.15) is 0 Å². The molecule has 1 saturated carbocycles. The normalized spacial score (nSPS) is 20.2. The van der Waals surface area contributed by atoms with Crippen LogP contribution in [-0.2, 0) is 10.2 Å². The number of nitrogens with zero attached hydrogens (tertiary/aromatic N) is 2. The molecule has 5 nitrogen and oxygen atoms in total. The van der Waals surface area contributed by atoms with Crippen LogP contribution >= 0.6 is 0 Å². The van der Waals surface area contributed by atoms with Crippen LogP contribution in [0.1, 0.15) is 23.5 Å². The summed E-state index contributed by atoms with van der Waals surface area (Å²) in [4.78, 5) is 21.4. The van der Waals surface area contributed by atoms with E-state index in [1.54, 1.807) is 24.4 Å². The van der Waals surface area contributed by atoms with Crippen LogP contribution < -0.4 is 10.1 Å². The molecule has 4 rings (SSSR count). The highest BCUT2D eigenvalue weighted by atomic mass is 19.1. The second kappa shape index (κ2) is 7.62. The van der Waals surface area contributed by atoms with E-state index in [1.807, 2.05) is 44.2 Å². The number of benzene rings is 2. The Kier molecular flexibility index (Phi) is 5.01. The van der Waals surface area contributed by atoms with Gasteiger partial charge in [-0.1, -0.05) is 42.5 Å². The smallest absolute Gasteiger partial charge is 0.228 e. The molecule has 3 aromatic rings. The van der Waals surface area contributed by atoms with Crippen LogP contribution in [0.15, 0.2) is 60.8 Å². The van der Waals surface area contributed by atoms with Crippen LogP contribution in [0.2, 0.25) is 0 Å². The Labute approximate surface area is 169 Å². The predicted octanol–water partition coefficient (Wildman–Crippen LogP) is 4.21. The molecule has 0 radical (unpaired) electrons. The highest BCUT2D eigenvalue weighted by Gasteiger charge is 2.60. The molecule has 0 saturated heterocycles. The summed E-state index contributed by atoms with van der Waals surface area (Å²) in [7, 11) is 0. The predicted molar refractivity (Wildman–Crippen MR) is 108 cm³/mol. The Balaban J connectivity index is 1.55. The SMILES string of the molecule is Cc1ncc(OC[C@@]2(c3ccccc3)C[C@H]2C(=O)Nc2ccccc2F)c(C)n1. The van der Waals surface area contributed by atoms with Crippen molar-refractivity contribution in [1.82, 2.24) is 9.97 Å². The molecule has 2 aromatic carbocycles. The number of anilines is 1. The molecule has 2 atom stereocenters. The van der Waals surface area contributed by atoms with Gasteiger partial charge in [-0.3, -0.25) is 4.79 Å². The van der Waals surface area contributed by atoms with Crippen LogP contribution in [0, 0.1) is 25.6 Å². The molecule has 1 amide bonds. The molecule has 148 valence electrons. The van der Waals surface area contributed by atoms with Crippen molar-refractivity contribution in [2.75, 3.05) is 11.9 Å². The molecule has 0 aliphatic heterocycles. The lowest BCUT2D eigenvalue weighted by Crippen LogP contribution is -2.27. The number of rotatable bonds is 6. The zero-order valence-electron chi connectivity index (χ0n) is 16.4. The first-order valence-corrected chi connectivity index (χ1v) is 9.53. The first kappa shape index (κ1) is 19.1. The lowest BCUT2D eigenvalue weighted by Gasteiger charge is -2.19. The fraction of sp³-hybridized carbons (Fsp3) is 0.261. The van der Waals surface area contributed by atoms with E-state index in [9.17, 15) is 9.18 Å². The number of aromatic nitrogens is 2. The second-order valence-corrected chi connectivity index (χ2v) is 7.40. The first-order valence-electron chi connectivity index (χ1n) is 9.53. The second-order valence-electron chi connectivity index (χ2n) is 7.40. The van der Waals surface area contributed by atoms with Gasteiger partial charge in [0.15, 0.2) is 5.75 Å². The van der Waals surface area contributed by atoms with Gasteiger partial charge >= 0.3 is 0 Å². The molecule has 1 fully saturated rings. The van der Waals surface area contributed by atoms with Gasteiger partial charge in [-0.15, -0.1) is 0 Å². The van der Waals surface area contributed by atoms with Crippen molar-refractivity contribution in [2.45, 2.75) is 25.7 Å². The van der Waals surface area contributed by atoms with Gasteiger partial charge in [0.25, 0.3) is 0 Å². The van der Waals surface area contributed by atoms with E-state index in [2.05, 4.69) is 15.3 Å². The lowest BCUT2D eigenvalue weighted by molar-refractivity contribution is -0.117. The molecule has 0 spiro atoms. The highest BCUT2D eigenvalue weighted by molar-refractivity contribution is 5.96. The number of nitrogens with one attached hydrogen (secondary N) is 1. The number of para-hydroxylation sites is 1. The Morgan fingerprint density at radius 1 is 1.17 bits per heavy atom. The first-order chi connectivity index (χ1) is 14.0. The zero-order chi connectivity index (χ0) is 20.4. The highest BCUT2D eigenvalue weighted by Crippen LogP contribution is 2.55. The van der Waals surface area contributed by atoms with Gasteiger partial charge < -0.3 is 10.1 Å². The summed E-state index contributed by atoms with van der Waals surface area (Å²) in [5.74, 6) is 0.318. The summed E-state index contributed by atoms with van der Waals surface area (Å²) >= 11 is 0. The van der Waals surface area contributed by atoms with Crippen molar-refractivity contribution in [1.29, 1.82) is 0 Å². The van der Waals surface area contributed by atoms with E-state index in [0.717, 1.165) is 11.3 Å². The number of halogens is 1. The lowest BCUT2D eigenvalue weighted by atomic mass is 9.93. The number of amides is 1. The minimum Gasteiger partial charge on any atom is -0.489 e. The molecular weight excluding hydrogens is 369 g/mol. The third-order valence-electron chi connectivity index (χ3n) is 5.41. The summed E-state index contributed by atoms with van der Waals surface area (Å²) in [5, 5.41) is 2.72. The molecular formula is C23H22FN3O2. The third-order valence-corrected chi connectivity index (χ3v) is 5.41. The number of hydrogen-bond donors (Lipinski definition) is 1. The van der Waals surface area contributed by atoms with E-state index >= 15 is 0 Å². The van der Waals surface area contributed by atoms with Crippen LogP contribution in [-0.4, -0.2) is 22.5 Å². The molecule has 1 N–H and O–H groups in total. The maximum absolute atomic E-state index is 13.9. The van der Waals surface area contributed by atoms with Crippen molar-refractivity contribution in [3.05, 3.63) is 83.7 Å². The number of aryl methyl sites for hydroxylation is 2. The third kappa shape index (κ3) is 3.83. The van der Waals surface area contributed by atoms with Crippen molar-refractivity contribution >= 4 is 11.6 Å². The molecule has 6 heteroatoms. The average molecular weight is 391 g/mol. The van der Waals surface area contributed by atoms with Crippen LogP contribution in [0.25, 0.3) is 0 Å². The monoisotopic (exact) mass is 391 g/mol. The van der Waals surface area contributed by atoms with E-state index < -0.39 is 11.2 Å². The molecule has 29 heavy (non-hydrogen) atoms. The van der Waals surface area contributed by atoms with Crippen LogP contribution in [0.5, 0.6) is 5.75 Å². The molecule has 1 aliphatic rings. The Bertz CT molecular complexity index is 1040. The van der Waals surface area contributed by atoms with E-state index in [-0.39, 0.29) is 17.5 Å². The average Bonchev–Trinajstić information content (AvgIpc) is 3.46. The zero-order valence-corrected chi connectivity index (χ0v) is 16.4. The fourth-order valence-corrected chi connectivity index (χ4v) is 3.68. The summed E-state index contributed by atoms with van der Waals surface area (Å²) in [6.07, 6.45) is 2.29. The Morgan fingerprint density at radius 2 is 1.90 bits per heavy atom. The van der Waals surface area contributed by atoms with Gasteiger partial charge in [0.2, 0.25) is 5.91 Å². The summed E-state index contributed by atoms with van der Waals surface area (Å²) in [6.45, 7) is 4.01. The van der Waals surface area contributed by atoms with Crippen LogP contribution in [0.3, 0.4) is 0 Å². The van der Waals surface area contributed by atoms with E-state index in [0.29, 0.717) is 24.6 Å². The Morgan fingerprint density at radius 3 is 2.62 bits per heavy atom. The van der Waals surface area contributed by atoms with Crippen molar-refractivity contribution in [2.24, 2.45) is 5.92 Å². The molecule has 0 unspecified atom stereocenters. The molecule has 1 heterocycles. The van der Waals surface area contributed by atoms with Crippen molar-refractivity contribution < 1.29 is 13.9 Å². The van der Waals surface area contributed by atoms with Gasteiger partial charge in [0.1, 0.15) is 11.6 Å². The van der Waals surface area contributed by atoms with Gasteiger partial charge in [-0.25, -0.2) is 14.4 Å². The van der Waals surface area contributed by atoms with Crippen LogP contribution in [0.4, 0.5) is 10.1 Å². The largest absolute Gasteiger partial charge is 0.489 e. The maximum atomic E-state index is 13.9. The molecule has 1 aromatic heterocycles.